The van der Waals surface area contributed by atoms with Gasteiger partial charge in [-0.2, -0.15) is 13.8 Å². The van der Waals surface area contributed by atoms with Crippen LogP contribution in [-0.2, 0) is 4.79 Å². The van der Waals surface area contributed by atoms with E-state index in [1.807, 2.05) is 6.92 Å². The molecule has 3 aromatic carbocycles. The molecule has 0 radical (unpaired) electrons. The second kappa shape index (κ2) is 13.6. The standard InChI is InChI=1S/C29H24F4N6O4S/c1-17-3-10-24(42-12-2-11-30)23(13-17)39-25(40)15-44-29(39)36-28(41)35-22-9-4-18(14-21(22)31)26-34-16-38(37-26)19-5-7-20(8-6-19)43-27(32)33/h3-10,13-14,16,27H,2,11-12,15H2,1H3,(H,35,41)/b36-29-. The van der Waals surface area contributed by atoms with Gasteiger partial charge in [-0.1, -0.05) is 17.8 Å². The fraction of sp³-hybridized carbons (Fsp3) is 0.207. The summed E-state index contributed by atoms with van der Waals surface area (Å²) in [6, 6.07) is 13.9. The van der Waals surface area contributed by atoms with E-state index in [2.05, 4.69) is 25.1 Å². The Morgan fingerprint density at radius 3 is 2.66 bits per heavy atom. The van der Waals surface area contributed by atoms with Crippen LogP contribution in [0.1, 0.15) is 12.0 Å². The van der Waals surface area contributed by atoms with Crippen molar-refractivity contribution in [3.05, 3.63) is 78.4 Å². The summed E-state index contributed by atoms with van der Waals surface area (Å²) in [5, 5.41) is 6.76. The highest BCUT2D eigenvalue weighted by atomic mass is 32.2. The first-order valence-corrected chi connectivity index (χ1v) is 14.1. The van der Waals surface area contributed by atoms with E-state index in [0.29, 0.717) is 22.7 Å². The Bertz CT molecular complexity index is 1700. The number of urea groups is 1. The molecule has 1 aliphatic rings. The summed E-state index contributed by atoms with van der Waals surface area (Å²) in [6.45, 7) is -1.57. The van der Waals surface area contributed by atoms with Crippen LogP contribution in [0.4, 0.5) is 33.7 Å². The molecule has 0 spiro atoms. The van der Waals surface area contributed by atoms with Gasteiger partial charge in [-0.3, -0.25) is 14.1 Å². The van der Waals surface area contributed by atoms with Crippen LogP contribution in [0.25, 0.3) is 17.1 Å². The van der Waals surface area contributed by atoms with Crippen LogP contribution in [0.2, 0.25) is 0 Å². The lowest BCUT2D eigenvalue weighted by Gasteiger charge is -2.20. The van der Waals surface area contributed by atoms with Crippen LogP contribution in [-0.4, -0.2) is 57.5 Å². The zero-order valence-corrected chi connectivity index (χ0v) is 23.9. The van der Waals surface area contributed by atoms with E-state index >= 15 is 4.39 Å². The molecule has 0 saturated carbocycles. The van der Waals surface area contributed by atoms with Gasteiger partial charge >= 0.3 is 12.6 Å². The Hall–Kier alpha value is -4.92. The number of amides is 3. The number of amidine groups is 1. The molecule has 15 heteroatoms. The average Bonchev–Trinajstić information content (AvgIpc) is 3.62. The van der Waals surface area contributed by atoms with E-state index < -0.39 is 25.1 Å². The van der Waals surface area contributed by atoms with E-state index in [-0.39, 0.29) is 47.1 Å². The molecule has 228 valence electrons. The molecule has 44 heavy (non-hydrogen) atoms. The molecular formula is C29H24F4N6O4S. The summed E-state index contributed by atoms with van der Waals surface area (Å²) in [5.74, 6) is -0.589. The minimum absolute atomic E-state index is 0.0150. The van der Waals surface area contributed by atoms with Gasteiger partial charge in [-0.15, -0.1) is 5.10 Å². The van der Waals surface area contributed by atoms with E-state index in [9.17, 15) is 22.8 Å². The van der Waals surface area contributed by atoms with Crippen LogP contribution in [0.3, 0.4) is 0 Å². The number of aryl methyl sites for hydroxylation is 1. The number of nitrogens with zero attached hydrogens (tertiary/aromatic N) is 5. The number of aromatic nitrogens is 3. The van der Waals surface area contributed by atoms with Gasteiger partial charge in [0.05, 0.1) is 36.1 Å². The Morgan fingerprint density at radius 2 is 1.93 bits per heavy atom. The Labute approximate surface area is 252 Å². The van der Waals surface area contributed by atoms with Crippen molar-refractivity contribution in [2.24, 2.45) is 4.99 Å². The highest BCUT2D eigenvalue weighted by Gasteiger charge is 2.32. The summed E-state index contributed by atoms with van der Waals surface area (Å²) < 4.78 is 63.7. The number of anilines is 2. The van der Waals surface area contributed by atoms with Crippen LogP contribution < -0.4 is 19.7 Å². The van der Waals surface area contributed by atoms with Crippen molar-refractivity contribution >= 4 is 40.2 Å². The SMILES string of the molecule is Cc1ccc(OCCCF)c(N2C(=O)CS/C2=N\C(=O)Nc2ccc(-c3ncn(-c4ccc(OC(F)F)cc4)n3)cc2F)c1. The molecule has 5 rings (SSSR count). The zero-order valence-electron chi connectivity index (χ0n) is 23.0. The first-order valence-electron chi connectivity index (χ1n) is 13.1. The Morgan fingerprint density at radius 1 is 1.14 bits per heavy atom. The van der Waals surface area contributed by atoms with Gasteiger partial charge in [0.2, 0.25) is 5.91 Å². The number of aliphatic imine (C=N–C) groups is 1. The number of hydrogen-bond acceptors (Lipinski definition) is 7. The molecular weight excluding hydrogens is 604 g/mol. The summed E-state index contributed by atoms with van der Waals surface area (Å²) in [5.41, 5.74) is 1.85. The van der Waals surface area contributed by atoms with Crippen molar-refractivity contribution in [2.45, 2.75) is 20.0 Å². The smallest absolute Gasteiger partial charge is 0.387 e. The number of benzene rings is 3. The average molecular weight is 629 g/mol. The maximum Gasteiger partial charge on any atom is 0.387 e. The fourth-order valence-electron chi connectivity index (χ4n) is 4.13. The number of carbonyl (C=O) groups is 2. The molecule has 2 heterocycles. The lowest BCUT2D eigenvalue weighted by Crippen LogP contribution is -2.31. The van der Waals surface area contributed by atoms with Gasteiger partial charge in [-0.05, 0) is 67.1 Å². The number of carbonyl (C=O) groups excluding carboxylic acids is 2. The number of alkyl halides is 3. The van der Waals surface area contributed by atoms with Crippen molar-refractivity contribution in [3.8, 4) is 28.6 Å². The Kier molecular flexibility index (Phi) is 9.43. The molecule has 1 fully saturated rings. The largest absolute Gasteiger partial charge is 0.491 e. The molecule has 0 atom stereocenters. The number of halogens is 4. The van der Waals surface area contributed by atoms with Gasteiger partial charge in [0.15, 0.2) is 11.0 Å². The third-order valence-corrected chi connectivity index (χ3v) is 7.06. The Balaban J connectivity index is 1.30. The molecule has 4 aromatic rings. The maximum atomic E-state index is 15.0. The lowest BCUT2D eigenvalue weighted by molar-refractivity contribution is -0.115. The predicted molar refractivity (Wildman–Crippen MR) is 157 cm³/mol. The number of rotatable bonds is 10. The lowest BCUT2D eigenvalue weighted by atomic mass is 10.2. The second-order valence-corrected chi connectivity index (χ2v) is 10.2. The molecule has 1 aliphatic heterocycles. The summed E-state index contributed by atoms with van der Waals surface area (Å²) in [6.07, 6.45) is 1.55. The predicted octanol–water partition coefficient (Wildman–Crippen LogP) is 6.39. The molecule has 1 N–H and O–H groups in total. The van der Waals surface area contributed by atoms with Gasteiger partial charge < -0.3 is 14.8 Å². The van der Waals surface area contributed by atoms with Crippen LogP contribution in [0.15, 0.2) is 72.0 Å². The minimum Gasteiger partial charge on any atom is -0.491 e. The van der Waals surface area contributed by atoms with E-state index in [1.165, 1.54) is 52.3 Å². The highest BCUT2D eigenvalue weighted by molar-refractivity contribution is 8.15. The van der Waals surface area contributed by atoms with E-state index in [0.717, 1.165) is 23.4 Å². The monoisotopic (exact) mass is 628 g/mol. The van der Waals surface area contributed by atoms with Gasteiger partial charge in [-0.25, -0.2) is 18.9 Å². The number of nitrogens with one attached hydrogen (secondary N) is 1. The zero-order chi connectivity index (χ0) is 31.2. The number of hydrogen-bond donors (Lipinski definition) is 1. The van der Waals surface area contributed by atoms with E-state index in [4.69, 9.17) is 4.74 Å². The van der Waals surface area contributed by atoms with Crippen molar-refractivity contribution in [1.29, 1.82) is 0 Å². The molecule has 3 amide bonds. The third-order valence-electron chi connectivity index (χ3n) is 6.14. The second-order valence-electron chi connectivity index (χ2n) is 9.28. The first kappa shape index (κ1) is 30.5. The number of ether oxygens (including phenoxy) is 2. The number of thioether (sulfide) groups is 1. The van der Waals surface area contributed by atoms with Crippen LogP contribution in [0, 0.1) is 12.7 Å². The molecule has 1 aromatic heterocycles. The van der Waals surface area contributed by atoms with Crippen LogP contribution >= 0.6 is 11.8 Å². The topological polar surface area (TPSA) is 111 Å². The molecule has 0 aliphatic carbocycles. The van der Waals surface area contributed by atoms with Crippen molar-refractivity contribution in [3.63, 3.8) is 0 Å². The maximum absolute atomic E-state index is 15.0. The first-order chi connectivity index (χ1) is 21.2. The highest BCUT2D eigenvalue weighted by Crippen LogP contribution is 2.35. The van der Waals surface area contributed by atoms with E-state index in [1.54, 1.807) is 18.2 Å². The minimum atomic E-state index is -2.94. The summed E-state index contributed by atoms with van der Waals surface area (Å²) in [7, 11) is 0. The van der Waals surface area contributed by atoms with Crippen molar-refractivity contribution < 1.29 is 36.6 Å². The normalized spacial score (nSPS) is 14.0. The molecule has 0 bridgehead atoms. The van der Waals surface area contributed by atoms with Gasteiger partial charge in [0.25, 0.3) is 0 Å². The van der Waals surface area contributed by atoms with Crippen LogP contribution in [0.5, 0.6) is 11.5 Å². The summed E-state index contributed by atoms with van der Waals surface area (Å²) in [4.78, 5) is 35.0. The fourth-order valence-corrected chi connectivity index (χ4v) is 4.99. The van der Waals surface area contributed by atoms with Crippen molar-refractivity contribution in [2.75, 3.05) is 29.3 Å². The molecule has 1 saturated heterocycles. The van der Waals surface area contributed by atoms with Gasteiger partial charge in [0, 0.05) is 12.0 Å². The van der Waals surface area contributed by atoms with Gasteiger partial charge in [0.1, 0.15) is 23.6 Å². The third kappa shape index (κ3) is 7.16. The molecule has 0 unspecified atom stereocenters. The van der Waals surface area contributed by atoms with Crippen molar-refractivity contribution in [1.82, 2.24) is 14.8 Å². The quantitative estimate of drug-likeness (QED) is 0.160. The summed E-state index contributed by atoms with van der Waals surface area (Å²) >= 11 is 1.04. The molecule has 10 nitrogen and oxygen atoms in total.